The number of aromatic nitrogens is 1. The van der Waals surface area contributed by atoms with Crippen molar-refractivity contribution in [2.24, 2.45) is 15.8 Å². The lowest BCUT2D eigenvalue weighted by atomic mass is 9.67. The number of nitrogens with zero attached hydrogens (tertiary/aromatic N) is 2. The summed E-state index contributed by atoms with van der Waals surface area (Å²) in [7, 11) is 0. The quantitative estimate of drug-likeness (QED) is 0.590. The van der Waals surface area contributed by atoms with Crippen LogP contribution in [-0.4, -0.2) is 21.8 Å². The van der Waals surface area contributed by atoms with Crippen molar-refractivity contribution < 1.29 is 9.59 Å². The van der Waals surface area contributed by atoms with Crippen LogP contribution in [0, 0.1) is 10.8 Å². The lowest BCUT2D eigenvalue weighted by Gasteiger charge is -2.39. The van der Waals surface area contributed by atoms with Gasteiger partial charge in [-0.15, -0.1) is 0 Å². The van der Waals surface area contributed by atoms with Crippen molar-refractivity contribution in [2.75, 3.05) is 0 Å². The molecule has 3 rings (SSSR count). The second-order valence-corrected chi connectivity index (χ2v) is 12.0. The zero-order valence-electron chi connectivity index (χ0n) is 21.2. The van der Waals surface area contributed by atoms with Crippen molar-refractivity contribution in [3.63, 3.8) is 0 Å². The van der Waals surface area contributed by atoms with Gasteiger partial charge in [-0.05, 0) is 75.5 Å². The lowest BCUT2D eigenvalue weighted by Crippen LogP contribution is -2.49. The van der Waals surface area contributed by atoms with E-state index in [9.17, 15) is 9.59 Å². The maximum Gasteiger partial charge on any atom is 0.253 e. The Bertz CT molecular complexity index is 1060. The minimum Gasteiger partial charge on any atom is -0.349 e. The summed E-state index contributed by atoms with van der Waals surface area (Å²) in [5, 5.41) is 3.19. The van der Waals surface area contributed by atoms with Gasteiger partial charge < -0.3 is 5.32 Å². The number of rotatable bonds is 6. The first-order valence-electron chi connectivity index (χ1n) is 12.1. The molecule has 2 atom stereocenters. The summed E-state index contributed by atoms with van der Waals surface area (Å²) in [5.74, 6) is -0.168. The van der Waals surface area contributed by atoms with Gasteiger partial charge in [0.25, 0.3) is 11.8 Å². The number of carbonyl (C=O) groups is 2. The molecule has 1 N–H and O–H groups in total. The van der Waals surface area contributed by atoms with Crippen LogP contribution < -0.4 is 9.99 Å². The highest BCUT2D eigenvalue weighted by molar-refractivity contribution is 7.04. The summed E-state index contributed by atoms with van der Waals surface area (Å²) in [6.07, 6.45) is 6.74. The highest BCUT2D eigenvalue weighted by Gasteiger charge is 2.56. The third-order valence-electron chi connectivity index (χ3n) is 7.44. The summed E-state index contributed by atoms with van der Waals surface area (Å²) in [6.45, 7) is 14.9. The maximum atomic E-state index is 13.7. The smallest absolute Gasteiger partial charge is 0.253 e. The van der Waals surface area contributed by atoms with Crippen LogP contribution in [0.3, 0.4) is 0 Å². The molecule has 180 valence electrons. The molecule has 5 nitrogen and oxygen atoms in total. The van der Waals surface area contributed by atoms with E-state index < -0.39 is 10.8 Å². The van der Waals surface area contributed by atoms with Gasteiger partial charge in [0.15, 0.2) is 0 Å². The van der Waals surface area contributed by atoms with Gasteiger partial charge in [0.1, 0.15) is 4.67 Å². The summed E-state index contributed by atoms with van der Waals surface area (Å²) in [5.41, 5.74) is 0.687. The molecule has 0 aliphatic heterocycles. The van der Waals surface area contributed by atoms with Crippen molar-refractivity contribution in [1.29, 1.82) is 0 Å². The Morgan fingerprint density at radius 2 is 1.85 bits per heavy atom. The van der Waals surface area contributed by atoms with Crippen LogP contribution in [-0.2, 0) is 16.8 Å². The van der Waals surface area contributed by atoms with Crippen LogP contribution in [0.25, 0.3) is 0 Å². The normalized spacial score (nSPS) is 23.0. The fourth-order valence-corrected chi connectivity index (χ4v) is 5.55. The van der Waals surface area contributed by atoms with Crippen LogP contribution >= 0.6 is 11.5 Å². The molecule has 1 aliphatic carbocycles. The molecule has 1 aromatic carbocycles. The fourth-order valence-electron chi connectivity index (χ4n) is 4.52. The molecule has 33 heavy (non-hydrogen) atoms. The van der Waals surface area contributed by atoms with Gasteiger partial charge in [-0.2, -0.15) is 0 Å². The largest absolute Gasteiger partial charge is 0.349 e. The molecule has 0 bridgehead atoms. The van der Waals surface area contributed by atoms with E-state index in [0.717, 1.165) is 35.9 Å². The average molecular weight is 470 g/mol. The molecule has 1 saturated carbocycles. The Kier molecular flexibility index (Phi) is 7.37. The molecule has 0 saturated heterocycles. The van der Waals surface area contributed by atoms with E-state index in [-0.39, 0.29) is 23.4 Å². The molecule has 0 spiro atoms. The minimum absolute atomic E-state index is 0.0498. The number of nitrogens with one attached hydrogen (secondary N) is 1. The molecule has 1 fully saturated rings. The summed E-state index contributed by atoms with van der Waals surface area (Å²) >= 11 is 1.57. The Hall–Kier alpha value is -2.21. The van der Waals surface area contributed by atoms with E-state index in [0.29, 0.717) is 12.0 Å². The van der Waals surface area contributed by atoms with Crippen molar-refractivity contribution in [3.8, 4) is 0 Å². The highest BCUT2D eigenvalue weighted by atomic mass is 32.1. The molecule has 1 aromatic heterocycles. The average Bonchev–Trinajstić information content (AvgIpc) is 3.27. The van der Waals surface area contributed by atoms with E-state index in [4.69, 9.17) is 4.99 Å². The van der Waals surface area contributed by atoms with Crippen LogP contribution in [0.15, 0.2) is 41.5 Å². The first-order chi connectivity index (χ1) is 15.4. The predicted octanol–water partition coefficient (Wildman–Crippen LogP) is 5.70. The van der Waals surface area contributed by atoms with Gasteiger partial charge in [-0.3, -0.25) is 13.5 Å². The monoisotopic (exact) mass is 469 g/mol. The van der Waals surface area contributed by atoms with E-state index in [1.807, 2.05) is 37.3 Å². The van der Waals surface area contributed by atoms with Crippen LogP contribution in [0.1, 0.15) is 90.1 Å². The Morgan fingerprint density at radius 1 is 1.18 bits per heavy atom. The van der Waals surface area contributed by atoms with E-state index in [2.05, 4.69) is 57.0 Å². The zero-order chi connectivity index (χ0) is 24.4. The topological polar surface area (TPSA) is 63.5 Å². The molecule has 2 amide bonds. The Balaban J connectivity index is 1.88. The fraction of sp³-hybridized carbons (Fsp3) is 0.593. The predicted molar refractivity (Wildman–Crippen MR) is 135 cm³/mol. The second-order valence-electron chi connectivity index (χ2n) is 11.1. The number of hydrogen-bond acceptors (Lipinski definition) is 3. The zero-order valence-corrected chi connectivity index (χ0v) is 22.0. The molecular weight excluding hydrogens is 430 g/mol. The van der Waals surface area contributed by atoms with Gasteiger partial charge in [0, 0.05) is 28.9 Å². The van der Waals surface area contributed by atoms with Gasteiger partial charge in [0.05, 0.1) is 5.41 Å². The third kappa shape index (κ3) is 5.16. The molecule has 2 aromatic rings. The van der Waals surface area contributed by atoms with Crippen LogP contribution in [0.4, 0.5) is 0 Å². The van der Waals surface area contributed by atoms with Crippen molar-refractivity contribution >= 4 is 23.3 Å². The molecule has 1 heterocycles. The summed E-state index contributed by atoms with van der Waals surface area (Å²) < 4.78 is 3.03. The van der Waals surface area contributed by atoms with Gasteiger partial charge >= 0.3 is 0 Å². The lowest BCUT2D eigenvalue weighted by molar-refractivity contribution is -0.132. The SMILES string of the molecule is CCCCc1cn(C(C)(C)C)sc1=NC(=O)[C@@]1(C)CC[C@@H](NC(=O)c2ccccc2)C1(C)C. The number of benzene rings is 1. The Labute approximate surface area is 202 Å². The molecule has 1 aliphatic rings. The third-order valence-corrected chi connectivity index (χ3v) is 8.81. The van der Waals surface area contributed by atoms with E-state index in [1.54, 1.807) is 11.5 Å². The summed E-state index contributed by atoms with van der Waals surface area (Å²) in [6, 6.07) is 9.17. The van der Waals surface area contributed by atoms with Crippen molar-refractivity contribution in [3.05, 3.63) is 52.3 Å². The standard InChI is InChI=1S/C27H39N3O2S/c1-8-9-13-20-18-30(25(2,3)4)33-23(20)29-24(32)27(7)17-16-21(26(27,5)6)28-22(31)19-14-11-10-12-15-19/h10-12,14-15,18,21H,8-9,13,16-17H2,1-7H3,(H,28,31)/t21-,27-/m1/s1. The Morgan fingerprint density at radius 3 is 2.45 bits per heavy atom. The summed E-state index contributed by atoms with van der Waals surface area (Å²) in [4.78, 5) is 31.2. The molecular formula is C27H39N3O2S. The molecule has 6 heteroatoms. The maximum absolute atomic E-state index is 13.7. The minimum atomic E-state index is -0.639. The van der Waals surface area contributed by atoms with Crippen molar-refractivity contribution in [1.82, 2.24) is 9.27 Å². The second kappa shape index (κ2) is 9.57. The number of aryl methyl sites for hydroxylation is 1. The number of unbranched alkanes of at least 4 members (excludes halogenated alkanes) is 1. The van der Waals surface area contributed by atoms with Crippen molar-refractivity contribution in [2.45, 2.75) is 92.2 Å². The van der Waals surface area contributed by atoms with Gasteiger partial charge in [0.2, 0.25) is 0 Å². The van der Waals surface area contributed by atoms with E-state index >= 15 is 0 Å². The molecule has 0 unspecified atom stereocenters. The first kappa shape index (κ1) is 25.4. The molecule has 0 radical (unpaired) electrons. The van der Waals surface area contributed by atoms with E-state index in [1.165, 1.54) is 0 Å². The number of hydrogen-bond donors (Lipinski definition) is 1. The van der Waals surface area contributed by atoms with Crippen LogP contribution in [0.5, 0.6) is 0 Å². The van der Waals surface area contributed by atoms with Gasteiger partial charge in [-0.1, -0.05) is 52.3 Å². The highest BCUT2D eigenvalue weighted by Crippen LogP contribution is 2.53. The number of carbonyl (C=O) groups excluding carboxylic acids is 2. The number of amides is 2. The van der Waals surface area contributed by atoms with Gasteiger partial charge in [-0.25, -0.2) is 4.99 Å². The van der Waals surface area contributed by atoms with Crippen LogP contribution in [0.2, 0.25) is 0 Å². The first-order valence-corrected chi connectivity index (χ1v) is 12.8.